The summed E-state index contributed by atoms with van der Waals surface area (Å²) in [5.41, 5.74) is 5.35. The van der Waals surface area contributed by atoms with E-state index in [-0.39, 0.29) is 11.6 Å². The number of aryl methyl sites for hydroxylation is 1. The Morgan fingerprint density at radius 3 is 2.32 bits per heavy atom. The first-order valence-corrected chi connectivity index (χ1v) is 9.26. The monoisotopic (exact) mass is 374 g/mol. The maximum absolute atomic E-state index is 14.8. The quantitative estimate of drug-likeness (QED) is 0.436. The van der Waals surface area contributed by atoms with Crippen molar-refractivity contribution in [3.8, 4) is 22.4 Å². The fraction of sp³-hybridized carbons (Fsp3) is 0.125. The van der Waals surface area contributed by atoms with Gasteiger partial charge in [-0.05, 0) is 67.4 Å². The average Bonchev–Trinajstić information content (AvgIpc) is 2.69. The lowest BCUT2D eigenvalue weighted by molar-refractivity contribution is 0.629. The third-order valence-corrected chi connectivity index (χ3v) is 4.82. The minimum absolute atomic E-state index is 0.291. The average molecular weight is 374 g/mol. The second kappa shape index (κ2) is 7.39. The Bertz CT molecular complexity index is 1150. The summed E-state index contributed by atoms with van der Waals surface area (Å²) < 4.78 is 28.3. The normalized spacial score (nSPS) is 11.0. The largest absolute Gasteiger partial charge is 0.385 e. The molecule has 0 saturated carbocycles. The zero-order chi connectivity index (χ0) is 19.7. The van der Waals surface area contributed by atoms with Crippen molar-refractivity contribution in [2.75, 3.05) is 11.9 Å². The van der Waals surface area contributed by atoms with Crippen molar-refractivity contribution in [1.82, 2.24) is 4.98 Å². The lowest BCUT2D eigenvalue weighted by atomic mass is 10.00. The molecule has 0 fully saturated rings. The van der Waals surface area contributed by atoms with Gasteiger partial charge in [0.2, 0.25) is 0 Å². The van der Waals surface area contributed by atoms with Crippen LogP contribution in [0, 0.1) is 18.6 Å². The molecule has 0 bridgehead atoms. The van der Waals surface area contributed by atoms with Crippen molar-refractivity contribution < 1.29 is 8.78 Å². The molecule has 0 aliphatic heterocycles. The van der Waals surface area contributed by atoms with Crippen LogP contribution in [0.4, 0.5) is 14.5 Å². The van der Waals surface area contributed by atoms with E-state index in [2.05, 4.69) is 10.3 Å². The van der Waals surface area contributed by atoms with Crippen LogP contribution in [0.2, 0.25) is 0 Å². The van der Waals surface area contributed by atoms with E-state index in [4.69, 9.17) is 0 Å². The van der Waals surface area contributed by atoms with Crippen LogP contribution < -0.4 is 5.32 Å². The van der Waals surface area contributed by atoms with E-state index in [0.717, 1.165) is 28.7 Å². The third-order valence-electron chi connectivity index (χ3n) is 4.82. The highest BCUT2D eigenvalue weighted by Crippen LogP contribution is 2.30. The first-order valence-electron chi connectivity index (χ1n) is 9.26. The molecule has 2 nitrogen and oxygen atoms in total. The summed E-state index contributed by atoms with van der Waals surface area (Å²) in [6, 6.07) is 19.2. The Morgan fingerprint density at radius 1 is 0.857 bits per heavy atom. The van der Waals surface area contributed by atoms with Gasteiger partial charge in [0.15, 0.2) is 0 Å². The van der Waals surface area contributed by atoms with Crippen LogP contribution in [0.3, 0.4) is 0 Å². The summed E-state index contributed by atoms with van der Waals surface area (Å²) in [6.07, 6.45) is 0. The summed E-state index contributed by atoms with van der Waals surface area (Å²) in [4.78, 5) is 4.58. The van der Waals surface area contributed by atoms with E-state index in [1.807, 2.05) is 50.2 Å². The van der Waals surface area contributed by atoms with Gasteiger partial charge in [-0.1, -0.05) is 24.3 Å². The van der Waals surface area contributed by atoms with Crippen LogP contribution in [-0.2, 0) is 0 Å². The third kappa shape index (κ3) is 3.46. The summed E-state index contributed by atoms with van der Waals surface area (Å²) in [5.74, 6) is -0.590. The summed E-state index contributed by atoms with van der Waals surface area (Å²) >= 11 is 0. The second-order valence-corrected chi connectivity index (χ2v) is 6.79. The van der Waals surface area contributed by atoms with Crippen LogP contribution in [-0.4, -0.2) is 11.5 Å². The molecule has 0 unspecified atom stereocenters. The standard InChI is InChI=1S/C24H20F2N2/c1-3-27-19-8-4-16(5-9-19)20-10-6-17(13-22(20)26)24-12-15(2)21-14-18(25)7-11-23(21)28-24/h4-14,27H,3H2,1-2H3. The molecule has 4 rings (SSSR count). The van der Waals surface area contributed by atoms with E-state index >= 15 is 0 Å². The highest BCUT2D eigenvalue weighted by molar-refractivity contribution is 5.85. The molecule has 1 aromatic heterocycles. The van der Waals surface area contributed by atoms with Crippen molar-refractivity contribution in [3.05, 3.63) is 83.9 Å². The Morgan fingerprint density at radius 2 is 1.61 bits per heavy atom. The summed E-state index contributed by atoms with van der Waals surface area (Å²) in [6.45, 7) is 4.78. The molecule has 3 aromatic carbocycles. The number of anilines is 1. The molecular formula is C24H20F2N2. The summed E-state index contributed by atoms with van der Waals surface area (Å²) in [5, 5.41) is 3.99. The van der Waals surface area contributed by atoms with Gasteiger partial charge in [0.1, 0.15) is 11.6 Å². The molecule has 0 saturated heterocycles. The van der Waals surface area contributed by atoms with Crippen LogP contribution in [0.1, 0.15) is 12.5 Å². The number of nitrogens with zero attached hydrogens (tertiary/aromatic N) is 1. The number of pyridine rings is 1. The Balaban J connectivity index is 1.71. The number of hydrogen-bond acceptors (Lipinski definition) is 2. The lowest BCUT2D eigenvalue weighted by Crippen LogP contribution is -1.96. The van der Waals surface area contributed by atoms with Gasteiger partial charge in [0, 0.05) is 28.7 Å². The van der Waals surface area contributed by atoms with Crippen LogP contribution in [0.15, 0.2) is 66.7 Å². The van der Waals surface area contributed by atoms with E-state index in [0.29, 0.717) is 22.3 Å². The van der Waals surface area contributed by atoms with Gasteiger partial charge in [-0.15, -0.1) is 0 Å². The predicted molar refractivity (Wildman–Crippen MR) is 111 cm³/mol. The van der Waals surface area contributed by atoms with Crippen LogP contribution >= 0.6 is 0 Å². The second-order valence-electron chi connectivity index (χ2n) is 6.79. The number of hydrogen-bond donors (Lipinski definition) is 1. The van der Waals surface area contributed by atoms with Crippen molar-refractivity contribution in [2.45, 2.75) is 13.8 Å². The van der Waals surface area contributed by atoms with Gasteiger partial charge in [0.05, 0.1) is 11.2 Å². The molecule has 0 aliphatic rings. The molecule has 0 spiro atoms. The molecule has 4 aromatic rings. The Hall–Kier alpha value is -3.27. The zero-order valence-corrected chi connectivity index (χ0v) is 15.8. The number of halogens is 2. The van der Waals surface area contributed by atoms with E-state index < -0.39 is 0 Å². The predicted octanol–water partition coefficient (Wildman–Crippen LogP) is 6.59. The number of rotatable bonds is 4. The molecule has 0 aliphatic carbocycles. The lowest BCUT2D eigenvalue weighted by Gasteiger charge is -2.10. The van der Waals surface area contributed by atoms with E-state index in [9.17, 15) is 8.78 Å². The Labute approximate surface area is 162 Å². The van der Waals surface area contributed by atoms with Crippen molar-refractivity contribution >= 4 is 16.6 Å². The van der Waals surface area contributed by atoms with Crippen molar-refractivity contribution in [2.24, 2.45) is 0 Å². The fourth-order valence-corrected chi connectivity index (χ4v) is 3.39. The molecule has 0 atom stereocenters. The van der Waals surface area contributed by atoms with Gasteiger partial charge in [-0.25, -0.2) is 13.8 Å². The molecule has 28 heavy (non-hydrogen) atoms. The highest BCUT2D eigenvalue weighted by atomic mass is 19.1. The zero-order valence-electron chi connectivity index (χ0n) is 15.8. The fourth-order valence-electron chi connectivity index (χ4n) is 3.39. The number of benzene rings is 3. The minimum atomic E-state index is -0.299. The first-order chi connectivity index (χ1) is 13.5. The first kappa shape index (κ1) is 18.1. The molecular weight excluding hydrogens is 354 g/mol. The van der Waals surface area contributed by atoms with Gasteiger partial charge < -0.3 is 5.32 Å². The molecule has 4 heteroatoms. The number of nitrogens with one attached hydrogen (secondary N) is 1. The van der Waals surface area contributed by atoms with Crippen LogP contribution in [0.25, 0.3) is 33.3 Å². The smallest absolute Gasteiger partial charge is 0.131 e. The van der Waals surface area contributed by atoms with Gasteiger partial charge >= 0.3 is 0 Å². The highest BCUT2D eigenvalue weighted by Gasteiger charge is 2.10. The maximum Gasteiger partial charge on any atom is 0.131 e. The summed E-state index contributed by atoms with van der Waals surface area (Å²) in [7, 11) is 0. The van der Waals surface area contributed by atoms with Crippen molar-refractivity contribution in [1.29, 1.82) is 0 Å². The van der Waals surface area contributed by atoms with Crippen LogP contribution in [0.5, 0.6) is 0 Å². The molecule has 1 heterocycles. The molecule has 0 amide bonds. The van der Waals surface area contributed by atoms with Gasteiger partial charge in [0.25, 0.3) is 0 Å². The SMILES string of the molecule is CCNc1ccc(-c2ccc(-c3cc(C)c4cc(F)ccc4n3)cc2F)cc1. The topological polar surface area (TPSA) is 24.9 Å². The maximum atomic E-state index is 14.8. The molecule has 0 radical (unpaired) electrons. The Kier molecular flexibility index (Phi) is 4.78. The number of fused-ring (bicyclic) bond motifs is 1. The van der Waals surface area contributed by atoms with E-state index in [1.54, 1.807) is 12.1 Å². The molecule has 1 N–H and O–H groups in total. The molecule has 140 valence electrons. The minimum Gasteiger partial charge on any atom is -0.385 e. The van der Waals surface area contributed by atoms with Crippen molar-refractivity contribution in [3.63, 3.8) is 0 Å². The van der Waals surface area contributed by atoms with E-state index in [1.165, 1.54) is 18.2 Å². The van der Waals surface area contributed by atoms with Gasteiger partial charge in [-0.2, -0.15) is 0 Å². The van der Waals surface area contributed by atoms with Gasteiger partial charge in [-0.3, -0.25) is 0 Å². The number of aromatic nitrogens is 1.